The molecule has 1 aliphatic heterocycles. The van der Waals surface area contributed by atoms with Crippen molar-refractivity contribution in [1.82, 2.24) is 0 Å². The van der Waals surface area contributed by atoms with Crippen LogP contribution in [0.1, 0.15) is 31.4 Å². The van der Waals surface area contributed by atoms with Crippen molar-refractivity contribution in [3.8, 4) is 6.07 Å². The van der Waals surface area contributed by atoms with Crippen molar-refractivity contribution >= 4 is 0 Å². The zero-order valence-electron chi connectivity index (χ0n) is 10.1. The van der Waals surface area contributed by atoms with Crippen LogP contribution in [0.4, 0.5) is 0 Å². The number of rotatable bonds is 3. The molecule has 2 rings (SSSR count). The maximum atomic E-state index is 8.76. The topological polar surface area (TPSA) is 33.0 Å². The first-order valence-corrected chi connectivity index (χ1v) is 5.90. The van der Waals surface area contributed by atoms with Gasteiger partial charge in [-0.25, -0.2) is 0 Å². The van der Waals surface area contributed by atoms with E-state index in [1.807, 2.05) is 18.2 Å². The van der Waals surface area contributed by atoms with Gasteiger partial charge in [0.2, 0.25) is 0 Å². The van der Waals surface area contributed by atoms with Gasteiger partial charge >= 0.3 is 0 Å². The third kappa shape index (κ3) is 2.11. The van der Waals surface area contributed by atoms with Gasteiger partial charge in [0.25, 0.3) is 0 Å². The third-order valence-electron chi connectivity index (χ3n) is 3.67. The molecule has 1 heterocycles. The van der Waals surface area contributed by atoms with E-state index in [9.17, 15) is 0 Å². The normalized spacial score (nSPS) is 28.0. The van der Waals surface area contributed by atoms with Crippen LogP contribution in [0.2, 0.25) is 0 Å². The average Bonchev–Trinajstić information content (AvgIpc) is 2.65. The smallest absolute Gasteiger partial charge is 0.0921 e. The number of ether oxygens (including phenoxy) is 1. The predicted molar refractivity (Wildman–Crippen MR) is 67.2 cm³/mol. The molecule has 2 nitrogen and oxygen atoms in total. The standard InChI is InChI=1S/C15H17NO/c1-12-11-17-14(13-7-4-3-5-8-13)15(12,2)9-6-10-16/h3-5,7-8,14H,1,6,9,11H2,2H3. The molecule has 1 aromatic rings. The lowest BCUT2D eigenvalue weighted by Crippen LogP contribution is -2.22. The SMILES string of the molecule is C=C1COC(c2ccccc2)C1(C)CCC#N. The van der Waals surface area contributed by atoms with Gasteiger partial charge in [0.05, 0.1) is 18.8 Å². The number of hydrogen-bond acceptors (Lipinski definition) is 2. The lowest BCUT2D eigenvalue weighted by molar-refractivity contribution is 0.0536. The van der Waals surface area contributed by atoms with Crippen LogP contribution in [-0.2, 0) is 4.74 Å². The Kier molecular flexibility index (Phi) is 3.31. The average molecular weight is 227 g/mol. The Morgan fingerprint density at radius 3 is 2.82 bits per heavy atom. The van der Waals surface area contributed by atoms with Gasteiger partial charge in [0.1, 0.15) is 0 Å². The summed E-state index contributed by atoms with van der Waals surface area (Å²) in [6.45, 7) is 6.85. The zero-order valence-corrected chi connectivity index (χ0v) is 10.1. The minimum atomic E-state index is -0.114. The van der Waals surface area contributed by atoms with Gasteiger partial charge in [-0.15, -0.1) is 0 Å². The molecule has 0 bridgehead atoms. The molecule has 1 fully saturated rings. The highest BCUT2D eigenvalue weighted by Gasteiger charge is 2.43. The quantitative estimate of drug-likeness (QED) is 0.739. The van der Waals surface area contributed by atoms with Crippen LogP contribution in [0.15, 0.2) is 42.5 Å². The van der Waals surface area contributed by atoms with Gasteiger partial charge in [0.15, 0.2) is 0 Å². The van der Waals surface area contributed by atoms with E-state index in [1.165, 1.54) is 5.56 Å². The molecule has 1 aliphatic rings. The fourth-order valence-corrected chi connectivity index (χ4v) is 2.43. The molecule has 0 N–H and O–H groups in total. The van der Waals surface area contributed by atoms with E-state index >= 15 is 0 Å². The molecule has 2 heteroatoms. The van der Waals surface area contributed by atoms with Gasteiger partial charge < -0.3 is 4.74 Å². The molecule has 1 aromatic carbocycles. The van der Waals surface area contributed by atoms with Crippen LogP contribution >= 0.6 is 0 Å². The highest BCUT2D eigenvalue weighted by Crippen LogP contribution is 2.50. The van der Waals surface area contributed by atoms with E-state index in [0.717, 1.165) is 12.0 Å². The summed E-state index contributed by atoms with van der Waals surface area (Å²) in [7, 11) is 0. The van der Waals surface area contributed by atoms with Gasteiger partial charge in [-0.3, -0.25) is 0 Å². The molecule has 2 unspecified atom stereocenters. The third-order valence-corrected chi connectivity index (χ3v) is 3.67. The molecule has 0 amide bonds. The summed E-state index contributed by atoms with van der Waals surface area (Å²) in [6.07, 6.45) is 1.38. The molecular formula is C15H17NO. The summed E-state index contributed by atoms with van der Waals surface area (Å²) in [4.78, 5) is 0. The van der Waals surface area contributed by atoms with Crippen LogP contribution in [0.3, 0.4) is 0 Å². The largest absolute Gasteiger partial charge is 0.368 e. The van der Waals surface area contributed by atoms with Gasteiger partial charge in [-0.1, -0.05) is 43.8 Å². The van der Waals surface area contributed by atoms with Crippen LogP contribution in [0.25, 0.3) is 0 Å². The summed E-state index contributed by atoms with van der Waals surface area (Å²) < 4.78 is 5.85. The van der Waals surface area contributed by atoms with E-state index < -0.39 is 0 Å². The maximum absolute atomic E-state index is 8.76. The van der Waals surface area contributed by atoms with Gasteiger partial charge in [-0.2, -0.15) is 5.26 Å². The second-order valence-electron chi connectivity index (χ2n) is 4.78. The molecule has 0 radical (unpaired) electrons. The van der Waals surface area contributed by atoms with Crippen molar-refractivity contribution in [2.24, 2.45) is 5.41 Å². The summed E-state index contributed by atoms with van der Waals surface area (Å²) in [5, 5.41) is 8.76. The highest BCUT2D eigenvalue weighted by molar-refractivity contribution is 5.28. The first-order valence-electron chi connectivity index (χ1n) is 5.90. The molecule has 2 atom stereocenters. The molecule has 1 saturated heterocycles. The first-order chi connectivity index (χ1) is 8.18. The van der Waals surface area contributed by atoms with Crippen LogP contribution in [0, 0.1) is 16.7 Å². The number of benzene rings is 1. The molecular weight excluding hydrogens is 210 g/mol. The Morgan fingerprint density at radius 1 is 1.47 bits per heavy atom. The van der Waals surface area contributed by atoms with Gasteiger partial charge in [-0.05, 0) is 17.6 Å². The fraction of sp³-hybridized carbons (Fsp3) is 0.400. The minimum absolute atomic E-state index is 0.0320. The van der Waals surface area contributed by atoms with E-state index in [0.29, 0.717) is 13.0 Å². The Morgan fingerprint density at radius 2 is 2.18 bits per heavy atom. The lowest BCUT2D eigenvalue weighted by atomic mass is 9.74. The molecule has 0 aromatic heterocycles. The summed E-state index contributed by atoms with van der Waals surface area (Å²) in [5.74, 6) is 0. The minimum Gasteiger partial charge on any atom is -0.368 e. The molecule has 17 heavy (non-hydrogen) atoms. The highest BCUT2D eigenvalue weighted by atomic mass is 16.5. The zero-order chi connectivity index (χ0) is 12.3. The Hall–Kier alpha value is -1.59. The number of nitriles is 1. The van der Waals surface area contributed by atoms with Crippen molar-refractivity contribution in [3.05, 3.63) is 48.0 Å². The predicted octanol–water partition coefficient (Wildman–Crippen LogP) is 3.62. The fourth-order valence-electron chi connectivity index (χ4n) is 2.43. The monoisotopic (exact) mass is 227 g/mol. The van der Waals surface area contributed by atoms with Crippen molar-refractivity contribution in [2.75, 3.05) is 6.61 Å². The van der Waals surface area contributed by atoms with E-state index in [1.54, 1.807) is 0 Å². The number of nitrogens with zero attached hydrogens (tertiary/aromatic N) is 1. The van der Waals surface area contributed by atoms with Crippen molar-refractivity contribution in [2.45, 2.75) is 25.9 Å². The van der Waals surface area contributed by atoms with E-state index in [2.05, 4.69) is 31.7 Å². The molecule has 0 saturated carbocycles. The Balaban J connectivity index is 2.28. The molecule has 0 spiro atoms. The van der Waals surface area contributed by atoms with Crippen molar-refractivity contribution < 1.29 is 4.74 Å². The second kappa shape index (κ2) is 4.73. The lowest BCUT2D eigenvalue weighted by Gasteiger charge is -2.30. The van der Waals surface area contributed by atoms with Crippen LogP contribution in [0.5, 0.6) is 0 Å². The number of hydrogen-bond donors (Lipinski definition) is 0. The van der Waals surface area contributed by atoms with Gasteiger partial charge in [0, 0.05) is 11.8 Å². The summed E-state index contributed by atoms with van der Waals surface area (Å²) in [5.41, 5.74) is 2.16. The van der Waals surface area contributed by atoms with E-state index in [-0.39, 0.29) is 11.5 Å². The Labute approximate surface area is 103 Å². The van der Waals surface area contributed by atoms with Crippen molar-refractivity contribution in [1.29, 1.82) is 5.26 Å². The Bertz CT molecular complexity index is 446. The summed E-state index contributed by atoms with van der Waals surface area (Å²) in [6, 6.07) is 12.4. The maximum Gasteiger partial charge on any atom is 0.0921 e. The van der Waals surface area contributed by atoms with Crippen molar-refractivity contribution in [3.63, 3.8) is 0 Å². The molecule has 88 valence electrons. The van der Waals surface area contributed by atoms with Crippen LogP contribution < -0.4 is 0 Å². The van der Waals surface area contributed by atoms with Crippen LogP contribution in [-0.4, -0.2) is 6.61 Å². The molecule has 0 aliphatic carbocycles. The first kappa shape index (κ1) is 11.9. The summed E-state index contributed by atoms with van der Waals surface area (Å²) >= 11 is 0. The second-order valence-corrected chi connectivity index (χ2v) is 4.78. The van der Waals surface area contributed by atoms with E-state index in [4.69, 9.17) is 10.00 Å².